The van der Waals surface area contributed by atoms with E-state index in [0.29, 0.717) is 28.2 Å². The van der Waals surface area contributed by atoms with E-state index in [1.165, 1.54) is 17.3 Å². The number of piperazine rings is 1. The summed E-state index contributed by atoms with van der Waals surface area (Å²) in [6.07, 6.45) is 0. The molecule has 3 aromatic carbocycles. The summed E-state index contributed by atoms with van der Waals surface area (Å²) in [5, 5.41) is 4.03. The maximum atomic E-state index is 12.7. The van der Waals surface area contributed by atoms with Crippen LogP contribution < -0.4 is 19.7 Å². The number of hydrogen-bond donors (Lipinski definition) is 1. The maximum absolute atomic E-state index is 12.7. The van der Waals surface area contributed by atoms with Crippen LogP contribution in [0, 0.1) is 0 Å². The fourth-order valence-corrected chi connectivity index (χ4v) is 5.90. The highest BCUT2D eigenvalue weighted by Crippen LogP contribution is 2.33. The molecule has 2 aliphatic heterocycles. The van der Waals surface area contributed by atoms with Crippen LogP contribution in [0.1, 0.15) is 27.0 Å². The predicted molar refractivity (Wildman–Crippen MR) is 161 cm³/mol. The molecule has 1 amide bonds. The van der Waals surface area contributed by atoms with Gasteiger partial charge in [-0.25, -0.2) is 9.97 Å². The number of ether oxygens (including phenoxy) is 2. The number of amides is 1. The molecule has 1 N–H and O–H groups in total. The lowest BCUT2D eigenvalue weighted by molar-refractivity contribution is 0.0951. The van der Waals surface area contributed by atoms with Gasteiger partial charge in [0.15, 0.2) is 16.7 Å². The third kappa shape index (κ3) is 7.11. The predicted octanol–water partition coefficient (Wildman–Crippen LogP) is 5.40. The van der Waals surface area contributed by atoms with E-state index in [0.717, 1.165) is 61.2 Å². The van der Waals surface area contributed by atoms with Crippen molar-refractivity contribution in [3.8, 4) is 11.5 Å². The van der Waals surface area contributed by atoms with Gasteiger partial charge in [0.2, 0.25) is 6.79 Å². The summed E-state index contributed by atoms with van der Waals surface area (Å²) >= 11 is 7.92. The van der Waals surface area contributed by atoms with E-state index in [1.54, 1.807) is 0 Å². The van der Waals surface area contributed by atoms with Crippen LogP contribution in [0.25, 0.3) is 0 Å². The number of hydrogen-bond acceptors (Lipinski definition) is 8. The molecule has 0 aliphatic carbocycles. The second-order valence-electron chi connectivity index (χ2n) is 9.94. The largest absolute Gasteiger partial charge is 0.454 e. The Labute approximate surface area is 248 Å². The third-order valence-corrected chi connectivity index (χ3v) is 8.17. The molecule has 0 saturated carbocycles. The van der Waals surface area contributed by atoms with Crippen LogP contribution in [-0.2, 0) is 18.8 Å². The van der Waals surface area contributed by atoms with E-state index in [-0.39, 0.29) is 12.7 Å². The zero-order valence-corrected chi connectivity index (χ0v) is 24.0. The van der Waals surface area contributed by atoms with Crippen LogP contribution in [0.4, 0.5) is 5.82 Å². The molecule has 2 aliphatic rings. The molecular formula is C31H30ClN5O3S. The van der Waals surface area contributed by atoms with Gasteiger partial charge >= 0.3 is 0 Å². The molecule has 10 heteroatoms. The van der Waals surface area contributed by atoms with E-state index in [2.05, 4.69) is 32.2 Å². The van der Waals surface area contributed by atoms with E-state index >= 15 is 0 Å². The number of nitrogens with zero attached hydrogens (tertiary/aromatic N) is 4. The number of benzene rings is 3. The first-order valence-corrected chi connectivity index (χ1v) is 14.9. The van der Waals surface area contributed by atoms with Crippen LogP contribution in [0.5, 0.6) is 11.5 Å². The molecule has 0 spiro atoms. The van der Waals surface area contributed by atoms with Gasteiger partial charge in [0.05, 0.1) is 0 Å². The topological polar surface area (TPSA) is 79.8 Å². The average Bonchev–Trinajstić information content (AvgIpc) is 3.48. The first-order chi connectivity index (χ1) is 20.1. The van der Waals surface area contributed by atoms with Crippen molar-refractivity contribution >= 4 is 35.1 Å². The Bertz CT molecular complexity index is 1520. The summed E-state index contributed by atoms with van der Waals surface area (Å²) in [7, 11) is 0. The molecular weight excluding hydrogens is 558 g/mol. The number of aromatic nitrogens is 2. The second-order valence-corrected chi connectivity index (χ2v) is 11.3. The van der Waals surface area contributed by atoms with Crippen molar-refractivity contribution < 1.29 is 14.3 Å². The van der Waals surface area contributed by atoms with Crippen molar-refractivity contribution in [3.63, 3.8) is 0 Å². The van der Waals surface area contributed by atoms with Gasteiger partial charge in [0.25, 0.3) is 5.91 Å². The zero-order valence-electron chi connectivity index (χ0n) is 22.5. The normalized spacial score (nSPS) is 14.7. The molecule has 210 valence electrons. The molecule has 1 saturated heterocycles. The molecule has 0 unspecified atom stereocenters. The number of anilines is 1. The maximum Gasteiger partial charge on any atom is 0.251 e. The molecule has 1 aromatic heterocycles. The highest BCUT2D eigenvalue weighted by molar-refractivity contribution is 7.98. The lowest BCUT2D eigenvalue weighted by Crippen LogP contribution is -2.46. The number of thioether (sulfide) groups is 1. The fraction of sp³-hybridized carbons (Fsp3) is 0.258. The molecule has 4 aromatic rings. The summed E-state index contributed by atoms with van der Waals surface area (Å²) in [5.41, 5.74) is 3.92. The Balaban J connectivity index is 1.02. The van der Waals surface area contributed by atoms with E-state index < -0.39 is 0 Å². The van der Waals surface area contributed by atoms with E-state index in [4.69, 9.17) is 26.1 Å². The van der Waals surface area contributed by atoms with Gasteiger partial charge in [-0.1, -0.05) is 71.9 Å². The molecule has 1 fully saturated rings. The van der Waals surface area contributed by atoms with Crippen molar-refractivity contribution in [2.75, 3.05) is 37.9 Å². The highest BCUT2D eigenvalue weighted by atomic mass is 35.5. The van der Waals surface area contributed by atoms with Crippen molar-refractivity contribution in [3.05, 3.63) is 106 Å². The standard InChI is InChI=1S/C31H30ClN5O3S/c32-28-17-29(37-13-11-36(12-14-37)19-23-9-10-26-27(16-23)40-21-39-26)35-31(34-28)41-20-24-7-4-8-25(15-24)30(38)33-18-22-5-2-1-3-6-22/h1-10,15-17H,11-14,18-21H2,(H,33,38). The quantitative estimate of drug-likeness (QED) is 0.158. The van der Waals surface area contributed by atoms with Crippen LogP contribution in [0.3, 0.4) is 0 Å². The number of carbonyl (C=O) groups excluding carboxylic acids is 1. The van der Waals surface area contributed by atoms with Crippen LogP contribution in [-0.4, -0.2) is 53.7 Å². The van der Waals surface area contributed by atoms with Gasteiger partial charge in [0, 0.05) is 56.7 Å². The summed E-state index contributed by atoms with van der Waals surface area (Å²) in [4.78, 5) is 26.6. The zero-order chi connectivity index (χ0) is 28.0. The summed E-state index contributed by atoms with van der Waals surface area (Å²) in [6, 6.07) is 25.5. The Morgan fingerprint density at radius 1 is 0.854 bits per heavy atom. The Hall–Kier alpha value is -3.79. The minimum Gasteiger partial charge on any atom is -0.454 e. The first kappa shape index (κ1) is 27.4. The molecule has 0 bridgehead atoms. The molecule has 0 atom stereocenters. The van der Waals surface area contributed by atoms with E-state index in [9.17, 15) is 4.79 Å². The summed E-state index contributed by atoms with van der Waals surface area (Å²) < 4.78 is 10.9. The van der Waals surface area contributed by atoms with Crippen molar-refractivity contribution in [1.82, 2.24) is 20.2 Å². The van der Waals surface area contributed by atoms with Crippen LogP contribution >= 0.6 is 23.4 Å². The monoisotopic (exact) mass is 587 g/mol. The van der Waals surface area contributed by atoms with Gasteiger partial charge in [-0.3, -0.25) is 9.69 Å². The summed E-state index contributed by atoms with van der Waals surface area (Å²) in [5.74, 6) is 3.00. The first-order valence-electron chi connectivity index (χ1n) is 13.5. The molecule has 6 rings (SSSR count). The minimum absolute atomic E-state index is 0.0975. The van der Waals surface area contributed by atoms with Gasteiger partial charge in [-0.05, 0) is 41.0 Å². The summed E-state index contributed by atoms with van der Waals surface area (Å²) in [6.45, 7) is 5.17. The third-order valence-electron chi connectivity index (χ3n) is 7.05. The molecule has 0 radical (unpaired) electrons. The van der Waals surface area contributed by atoms with Gasteiger partial charge in [-0.15, -0.1) is 0 Å². The lowest BCUT2D eigenvalue weighted by Gasteiger charge is -2.35. The fourth-order valence-electron chi connectivity index (χ4n) is 4.88. The minimum atomic E-state index is -0.0975. The van der Waals surface area contributed by atoms with Gasteiger partial charge in [-0.2, -0.15) is 0 Å². The van der Waals surface area contributed by atoms with E-state index in [1.807, 2.05) is 66.7 Å². The SMILES string of the molecule is O=C(NCc1ccccc1)c1cccc(CSc2nc(Cl)cc(N3CCN(Cc4ccc5c(c4)OCO5)CC3)n2)c1. The lowest BCUT2D eigenvalue weighted by atomic mass is 10.1. The van der Waals surface area contributed by atoms with Crippen molar-refractivity contribution in [2.45, 2.75) is 24.0 Å². The van der Waals surface area contributed by atoms with Gasteiger partial charge < -0.3 is 19.7 Å². The number of halogens is 1. The number of carbonyl (C=O) groups is 1. The van der Waals surface area contributed by atoms with Crippen molar-refractivity contribution in [1.29, 1.82) is 0 Å². The average molecular weight is 588 g/mol. The Kier molecular flexibility index (Phi) is 8.55. The van der Waals surface area contributed by atoms with Crippen LogP contribution in [0.2, 0.25) is 5.15 Å². The number of fused-ring (bicyclic) bond motifs is 1. The number of nitrogens with one attached hydrogen (secondary N) is 1. The highest BCUT2D eigenvalue weighted by Gasteiger charge is 2.21. The van der Waals surface area contributed by atoms with Crippen LogP contribution in [0.15, 0.2) is 84.0 Å². The second kappa shape index (κ2) is 12.8. The van der Waals surface area contributed by atoms with Crippen molar-refractivity contribution in [2.24, 2.45) is 0 Å². The smallest absolute Gasteiger partial charge is 0.251 e. The molecule has 3 heterocycles. The number of rotatable bonds is 9. The van der Waals surface area contributed by atoms with Gasteiger partial charge in [0.1, 0.15) is 11.0 Å². The Morgan fingerprint density at radius 2 is 1.66 bits per heavy atom. The molecule has 41 heavy (non-hydrogen) atoms. The molecule has 8 nitrogen and oxygen atoms in total. The Morgan fingerprint density at radius 3 is 2.51 bits per heavy atom.